The van der Waals surface area contributed by atoms with Gasteiger partial charge in [0.05, 0.1) is 33.7 Å². The Hall–Kier alpha value is -2.25. The third-order valence-corrected chi connectivity index (χ3v) is 6.08. The third kappa shape index (κ3) is 2.81. The molecule has 7 heteroatoms. The first-order chi connectivity index (χ1) is 12.7. The molecule has 1 aliphatic carbocycles. The minimum atomic E-state index is -0.467. The van der Waals surface area contributed by atoms with E-state index in [-0.39, 0.29) is 5.91 Å². The highest BCUT2D eigenvalue weighted by Gasteiger charge is 2.33. The lowest BCUT2D eigenvalue weighted by molar-refractivity contribution is 0.0746. The molecule has 0 saturated heterocycles. The van der Waals surface area contributed by atoms with Crippen LogP contribution in [0.1, 0.15) is 47.1 Å². The number of thiazole rings is 1. The molecule has 134 valence electrons. The summed E-state index contributed by atoms with van der Waals surface area (Å²) in [4.78, 5) is 19.2. The smallest absolute Gasteiger partial charge is 0.254 e. The minimum Gasteiger partial charge on any atom is -0.386 e. The summed E-state index contributed by atoms with van der Waals surface area (Å²) in [6.07, 6.45) is 2.55. The van der Waals surface area contributed by atoms with Gasteiger partial charge in [0.25, 0.3) is 5.91 Å². The quantitative estimate of drug-likeness (QED) is 0.771. The molecule has 0 spiro atoms. The van der Waals surface area contributed by atoms with Gasteiger partial charge in [-0.2, -0.15) is 5.10 Å². The highest BCUT2D eigenvalue weighted by Crippen LogP contribution is 2.40. The maximum absolute atomic E-state index is 13.0. The van der Waals surface area contributed by atoms with Gasteiger partial charge in [0.1, 0.15) is 6.10 Å². The van der Waals surface area contributed by atoms with E-state index in [0.717, 1.165) is 47.4 Å². The summed E-state index contributed by atoms with van der Waals surface area (Å²) in [5.41, 5.74) is 5.10. The average molecular weight is 368 g/mol. The Bertz CT molecular complexity index is 975. The van der Waals surface area contributed by atoms with E-state index in [4.69, 9.17) is 0 Å². The maximum atomic E-state index is 13.0. The van der Waals surface area contributed by atoms with Crippen molar-refractivity contribution in [3.63, 3.8) is 0 Å². The van der Waals surface area contributed by atoms with Crippen LogP contribution in [0.15, 0.2) is 29.8 Å². The number of carbonyl (C=O) groups excluding carboxylic acids is 1. The predicted molar refractivity (Wildman–Crippen MR) is 98.9 cm³/mol. The molecule has 2 aromatic heterocycles. The van der Waals surface area contributed by atoms with Gasteiger partial charge in [0, 0.05) is 18.7 Å². The number of fused-ring (bicyclic) bond motifs is 2. The van der Waals surface area contributed by atoms with E-state index in [1.54, 1.807) is 16.8 Å². The average Bonchev–Trinajstić information content (AvgIpc) is 3.33. The van der Waals surface area contributed by atoms with Crippen molar-refractivity contribution in [2.75, 3.05) is 6.54 Å². The Kier molecular flexibility index (Phi) is 3.79. The normalized spacial score (nSPS) is 18.6. The van der Waals surface area contributed by atoms with Gasteiger partial charge in [-0.05, 0) is 49.4 Å². The first kappa shape index (κ1) is 16.0. The number of aryl methyl sites for hydroxylation is 1. The van der Waals surface area contributed by atoms with Crippen molar-refractivity contribution < 1.29 is 9.90 Å². The number of aliphatic hydroxyl groups excluding tert-OH is 1. The fraction of sp³-hybridized carbons (Fsp3) is 0.421. The topological polar surface area (TPSA) is 71.2 Å². The Balaban J connectivity index is 1.40. The first-order valence-corrected chi connectivity index (χ1v) is 9.94. The standard InChI is InChI=1S/C19H20N4O2S/c24-18(12-2-3-12)16-9-14-10-22(6-1-7-23(14)21-16)19(25)13-4-5-17-15(8-13)20-11-26-17/h4-5,8-9,11-12,18,24H,1-3,6-7,10H2/t18-/m1/s1. The van der Waals surface area contributed by atoms with Crippen molar-refractivity contribution in [1.82, 2.24) is 19.7 Å². The molecular weight excluding hydrogens is 348 g/mol. The van der Waals surface area contributed by atoms with E-state index in [1.165, 1.54) is 0 Å². The zero-order valence-corrected chi connectivity index (χ0v) is 15.2. The number of aliphatic hydroxyl groups is 1. The molecule has 26 heavy (non-hydrogen) atoms. The molecule has 1 atom stereocenters. The maximum Gasteiger partial charge on any atom is 0.254 e. The van der Waals surface area contributed by atoms with E-state index in [2.05, 4.69) is 10.1 Å². The molecule has 0 radical (unpaired) electrons. The van der Waals surface area contributed by atoms with E-state index in [1.807, 2.05) is 33.8 Å². The molecule has 6 nitrogen and oxygen atoms in total. The number of nitrogens with zero attached hydrogens (tertiary/aromatic N) is 4. The van der Waals surface area contributed by atoms with Gasteiger partial charge in [-0.15, -0.1) is 11.3 Å². The number of hydrogen-bond acceptors (Lipinski definition) is 5. The number of carbonyl (C=O) groups is 1. The molecule has 1 fully saturated rings. The highest BCUT2D eigenvalue weighted by molar-refractivity contribution is 7.16. The van der Waals surface area contributed by atoms with Crippen LogP contribution in [-0.2, 0) is 13.1 Å². The van der Waals surface area contributed by atoms with Crippen LogP contribution < -0.4 is 0 Å². The van der Waals surface area contributed by atoms with Gasteiger partial charge in [-0.1, -0.05) is 0 Å². The number of rotatable bonds is 3. The summed E-state index contributed by atoms with van der Waals surface area (Å²) >= 11 is 1.58. The summed E-state index contributed by atoms with van der Waals surface area (Å²) in [5, 5.41) is 14.9. The van der Waals surface area contributed by atoms with Gasteiger partial charge >= 0.3 is 0 Å². The lowest BCUT2D eigenvalue weighted by Gasteiger charge is -2.20. The van der Waals surface area contributed by atoms with Crippen LogP contribution in [0, 0.1) is 5.92 Å². The van der Waals surface area contributed by atoms with Crippen LogP contribution in [0.3, 0.4) is 0 Å². The second-order valence-corrected chi connectivity index (χ2v) is 8.07. The van der Waals surface area contributed by atoms with Crippen molar-refractivity contribution in [3.8, 4) is 0 Å². The zero-order chi connectivity index (χ0) is 17.7. The largest absolute Gasteiger partial charge is 0.386 e. The second kappa shape index (κ2) is 6.17. The molecule has 1 aromatic carbocycles. The van der Waals surface area contributed by atoms with E-state index >= 15 is 0 Å². The zero-order valence-electron chi connectivity index (χ0n) is 14.3. The summed E-state index contributed by atoms with van der Waals surface area (Å²) in [6, 6.07) is 7.69. The highest BCUT2D eigenvalue weighted by atomic mass is 32.1. The van der Waals surface area contributed by atoms with Crippen LogP contribution in [0.2, 0.25) is 0 Å². The van der Waals surface area contributed by atoms with Gasteiger partial charge < -0.3 is 10.0 Å². The SMILES string of the molecule is O=C(c1ccc2scnc2c1)N1CCCn2nc([C@H](O)C3CC3)cc2C1. The third-order valence-electron chi connectivity index (χ3n) is 5.27. The van der Waals surface area contributed by atoms with E-state index < -0.39 is 6.10 Å². The van der Waals surface area contributed by atoms with Crippen molar-refractivity contribution in [1.29, 1.82) is 0 Å². The van der Waals surface area contributed by atoms with Gasteiger partial charge in [-0.25, -0.2) is 4.98 Å². The molecular formula is C19H20N4O2S. The summed E-state index contributed by atoms with van der Waals surface area (Å²) in [6.45, 7) is 2.01. The Morgan fingerprint density at radius 1 is 1.27 bits per heavy atom. The monoisotopic (exact) mass is 368 g/mol. The molecule has 0 unspecified atom stereocenters. The predicted octanol–water partition coefficient (Wildman–Crippen LogP) is 2.98. The van der Waals surface area contributed by atoms with Crippen molar-refractivity contribution >= 4 is 27.5 Å². The van der Waals surface area contributed by atoms with Crippen LogP contribution in [0.5, 0.6) is 0 Å². The number of benzene rings is 1. The fourth-order valence-corrected chi connectivity index (χ4v) is 4.29. The van der Waals surface area contributed by atoms with Crippen LogP contribution >= 0.6 is 11.3 Å². The van der Waals surface area contributed by atoms with Crippen LogP contribution in [-0.4, -0.2) is 37.2 Å². The number of amides is 1. The van der Waals surface area contributed by atoms with E-state index in [0.29, 0.717) is 24.6 Å². The molecule has 5 rings (SSSR count). The van der Waals surface area contributed by atoms with Gasteiger partial charge in [-0.3, -0.25) is 9.48 Å². The minimum absolute atomic E-state index is 0.0267. The summed E-state index contributed by atoms with van der Waals surface area (Å²) in [5.74, 6) is 0.385. The lowest BCUT2D eigenvalue weighted by Crippen LogP contribution is -2.30. The molecule has 3 aromatic rings. The Morgan fingerprint density at radius 2 is 2.15 bits per heavy atom. The lowest BCUT2D eigenvalue weighted by atomic mass is 10.1. The molecule has 2 aliphatic rings. The molecule has 1 N–H and O–H groups in total. The summed E-state index contributed by atoms with van der Waals surface area (Å²) < 4.78 is 3.05. The van der Waals surface area contributed by atoms with Crippen molar-refractivity contribution in [2.24, 2.45) is 5.92 Å². The van der Waals surface area contributed by atoms with Crippen LogP contribution in [0.4, 0.5) is 0 Å². The Morgan fingerprint density at radius 3 is 3.00 bits per heavy atom. The molecule has 1 amide bonds. The molecule has 1 aliphatic heterocycles. The summed E-state index contributed by atoms with van der Waals surface area (Å²) in [7, 11) is 0. The molecule has 1 saturated carbocycles. The van der Waals surface area contributed by atoms with Crippen LogP contribution in [0.25, 0.3) is 10.2 Å². The molecule has 3 heterocycles. The van der Waals surface area contributed by atoms with Crippen molar-refractivity contribution in [3.05, 3.63) is 46.7 Å². The Labute approximate surface area is 155 Å². The van der Waals surface area contributed by atoms with E-state index in [9.17, 15) is 9.90 Å². The van der Waals surface area contributed by atoms with Gasteiger partial charge in [0.15, 0.2) is 0 Å². The number of aromatic nitrogens is 3. The number of hydrogen-bond donors (Lipinski definition) is 1. The van der Waals surface area contributed by atoms with Gasteiger partial charge in [0.2, 0.25) is 0 Å². The first-order valence-electron chi connectivity index (χ1n) is 9.06. The second-order valence-electron chi connectivity index (χ2n) is 7.18. The van der Waals surface area contributed by atoms with Crippen molar-refractivity contribution in [2.45, 2.75) is 38.5 Å². The fourth-order valence-electron chi connectivity index (χ4n) is 3.63. The molecule has 0 bridgehead atoms.